The molecule has 0 aliphatic carbocycles. The van der Waals surface area contributed by atoms with Crippen LogP contribution < -0.4 is 16.0 Å². The number of fused-ring (bicyclic) bond motifs is 1. The minimum Gasteiger partial charge on any atom is -0.493 e. The van der Waals surface area contributed by atoms with Crippen molar-refractivity contribution >= 4 is 0 Å². The zero-order valence-electron chi connectivity index (χ0n) is 10.2. The van der Waals surface area contributed by atoms with Crippen LogP contribution in [0.5, 0.6) is 5.75 Å². The number of nitrogens with two attached hydrogens (primary N) is 1. The van der Waals surface area contributed by atoms with Crippen LogP contribution in [0.15, 0.2) is 18.2 Å². The number of ether oxygens (including phenoxy) is 3. The van der Waals surface area contributed by atoms with Gasteiger partial charge < -0.3 is 14.2 Å². The summed E-state index contributed by atoms with van der Waals surface area (Å²) >= 11 is 0. The summed E-state index contributed by atoms with van der Waals surface area (Å²) in [6.07, 6.45) is 0.923. The molecule has 0 spiro atoms. The van der Waals surface area contributed by atoms with Crippen molar-refractivity contribution in [3.05, 3.63) is 29.3 Å². The van der Waals surface area contributed by atoms with E-state index >= 15 is 0 Å². The van der Waals surface area contributed by atoms with Crippen LogP contribution in [0.2, 0.25) is 0 Å². The molecule has 2 aliphatic rings. The predicted octanol–water partition coefficient (Wildman–Crippen LogP) is 0.541. The van der Waals surface area contributed by atoms with Crippen LogP contribution in [-0.4, -0.2) is 32.5 Å². The van der Waals surface area contributed by atoms with Gasteiger partial charge in [0, 0.05) is 6.42 Å². The Bertz CT molecular complexity index is 419. The van der Waals surface area contributed by atoms with Crippen LogP contribution in [0, 0.1) is 0 Å². The first-order valence-corrected chi connectivity index (χ1v) is 6.29. The summed E-state index contributed by atoms with van der Waals surface area (Å²) in [6.45, 7) is 2.62. The van der Waals surface area contributed by atoms with Crippen molar-refractivity contribution in [1.82, 2.24) is 5.43 Å². The number of benzene rings is 1. The van der Waals surface area contributed by atoms with Gasteiger partial charge in [-0.15, -0.1) is 0 Å². The third-order valence-corrected chi connectivity index (χ3v) is 3.47. The van der Waals surface area contributed by atoms with Gasteiger partial charge in [-0.05, 0) is 17.2 Å². The Morgan fingerprint density at radius 2 is 2.22 bits per heavy atom. The predicted molar refractivity (Wildman–Crippen MR) is 66.3 cm³/mol. The highest BCUT2D eigenvalue weighted by Crippen LogP contribution is 2.30. The molecule has 98 valence electrons. The molecule has 0 radical (unpaired) electrons. The Hall–Kier alpha value is -1.14. The monoisotopic (exact) mass is 250 g/mol. The summed E-state index contributed by atoms with van der Waals surface area (Å²) in [5.41, 5.74) is 5.20. The van der Waals surface area contributed by atoms with Gasteiger partial charge in [-0.1, -0.05) is 12.1 Å². The van der Waals surface area contributed by atoms with Crippen LogP contribution in [-0.2, 0) is 15.9 Å². The molecule has 0 saturated carbocycles. The van der Waals surface area contributed by atoms with Crippen molar-refractivity contribution in [1.29, 1.82) is 0 Å². The molecule has 2 unspecified atom stereocenters. The second kappa shape index (κ2) is 5.24. The highest BCUT2D eigenvalue weighted by Gasteiger charge is 2.26. The van der Waals surface area contributed by atoms with Crippen LogP contribution >= 0.6 is 0 Å². The Balaban J connectivity index is 1.82. The maximum absolute atomic E-state index is 5.71. The maximum atomic E-state index is 5.71. The summed E-state index contributed by atoms with van der Waals surface area (Å²) in [7, 11) is 0. The first-order valence-electron chi connectivity index (χ1n) is 6.29. The van der Waals surface area contributed by atoms with E-state index in [0.717, 1.165) is 24.3 Å². The topological polar surface area (TPSA) is 65.7 Å². The van der Waals surface area contributed by atoms with Crippen molar-refractivity contribution in [3.63, 3.8) is 0 Å². The summed E-state index contributed by atoms with van der Waals surface area (Å²) in [5.74, 6) is 6.65. The summed E-state index contributed by atoms with van der Waals surface area (Å²) < 4.78 is 16.6. The van der Waals surface area contributed by atoms with Crippen LogP contribution in [0.1, 0.15) is 17.2 Å². The quantitative estimate of drug-likeness (QED) is 0.605. The molecule has 3 rings (SSSR count). The summed E-state index contributed by atoms with van der Waals surface area (Å²) in [4.78, 5) is 0. The summed E-state index contributed by atoms with van der Waals surface area (Å²) in [6, 6.07) is 6.14. The van der Waals surface area contributed by atoms with E-state index in [9.17, 15) is 0 Å². The second-order valence-electron chi connectivity index (χ2n) is 4.59. The van der Waals surface area contributed by atoms with Gasteiger partial charge in [0.25, 0.3) is 0 Å². The number of hydrazine groups is 1. The Morgan fingerprint density at radius 3 is 3.00 bits per heavy atom. The Kier molecular flexibility index (Phi) is 3.47. The van der Waals surface area contributed by atoms with E-state index < -0.39 is 0 Å². The molecule has 0 aromatic heterocycles. The molecule has 2 aliphatic heterocycles. The molecule has 1 aromatic carbocycles. The molecule has 18 heavy (non-hydrogen) atoms. The van der Waals surface area contributed by atoms with E-state index in [1.165, 1.54) is 5.56 Å². The zero-order chi connectivity index (χ0) is 12.4. The lowest BCUT2D eigenvalue weighted by Crippen LogP contribution is -2.43. The van der Waals surface area contributed by atoms with E-state index in [2.05, 4.69) is 11.5 Å². The lowest BCUT2D eigenvalue weighted by Gasteiger charge is -2.30. The molecule has 1 fully saturated rings. The van der Waals surface area contributed by atoms with Gasteiger partial charge in [0.05, 0.1) is 32.5 Å². The SMILES string of the molecule is NNC(c1ccc2c(c1)CCO2)C1COCCO1. The largest absolute Gasteiger partial charge is 0.493 e. The minimum absolute atomic E-state index is 0.0379. The lowest BCUT2D eigenvalue weighted by molar-refractivity contribution is -0.102. The van der Waals surface area contributed by atoms with Gasteiger partial charge in [-0.25, -0.2) is 0 Å². The molecular weight excluding hydrogens is 232 g/mol. The van der Waals surface area contributed by atoms with E-state index in [1.807, 2.05) is 12.1 Å². The van der Waals surface area contributed by atoms with Crippen molar-refractivity contribution < 1.29 is 14.2 Å². The van der Waals surface area contributed by atoms with Gasteiger partial charge in [0.2, 0.25) is 0 Å². The van der Waals surface area contributed by atoms with E-state index in [-0.39, 0.29) is 12.1 Å². The fourth-order valence-corrected chi connectivity index (χ4v) is 2.52. The van der Waals surface area contributed by atoms with E-state index in [1.54, 1.807) is 0 Å². The van der Waals surface area contributed by atoms with Crippen LogP contribution in [0.3, 0.4) is 0 Å². The van der Waals surface area contributed by atoms with E-state index in [4.69, 9.17) is 20.1 Å². The first kappa shape index (κ1) is 11.9. The minimum atomic E-state index is -0.0452. The molecule has 1 saturated heterocycles. The van der Waals surface area contributed by atoms with Crippen molar-refractivity contribution in [2.24, 2.45) is 5.84 Å². The molecule has 3 N–H and O–H groups in total. The van der Waals surface area contributed by atoms with Gasteiger partial charge in [0.15, 0.2) is 0 Å². The average molecular weight is 250 g/mol. The number of rotatable bonds is 3. The molecule has 0 bridgehead atoms. The number of hydrogen-bond acceptors (Lipinski definition) is 5. The number of hydrogen-bond donors (Lipinski definition) is 2. The van der Waals surface area contributed by atoms with Crippen molar-refractivity contribution in [2.45, 2.75) is 18.6 Å². The van der Waals surface area contributed by atoms with Crippen LogP contribution in [0.25, 0.3) is 0 Å². The number of nitrogens with one attached hydrogen (secondary N) is 1. The smallest absolute Gasteiger partial charge is 0.122 e. The third kappa shape index (κ3) is 2.22. The highest BCUT2D eigenvalue weighted by molar-refractivity contribution is 5.41. The third-order valence-electron chi connectivity index (χ3n) is 3.47. The maximum Gasteiger partial charge on any atom is 0.122 e. The van der Waals surface area contributed by atoms with Gasteiger partial charge >= 0.3 is 0 Å². The molecule has 2 atom stereocenters. The average Bonchev–Trinajstić information content (AvgIpc) is 2.88. The normalized spacial score (nSPS) is 24.4. The fourth-order valence-electron chi connectivity index (χ4n) is 2.52. The van der Waals surface area contributed by atoms with Gasteiger partial charge in [0.1, 0.15) is 11.9 Å². The van der Waals surface area contributed by atoms with Crippen molar-refractivity contribution in [3.8, 4) is 5.75 Å². The highest BCUT2D eigenvalue weighted by atomic mass is 16.6. The second-order valence-corrected chi connectivity index (χ2v) is 4.59. The standard InChI is InChI=1S/C13H18N2O3/c14-15-13(12-8-16-5-6-18-12)10-1-2-11-9(7-10)3-4-17-11/h1-2,7,12-13,15H,3-6,8,14H2. The molecule has 5 nitrogen and oxygen atoms in total. The Morgan fingerprint density at radius 1 is 1.28 bits per heavy atom. The van der Waals surface area contributed by atoms with E-state index in [0.29, 0.717) is 19.8 Å². The van der Waals surface area contributed by atoms with Gasteiger partial charge in [-0.2, -0.15) is 0 Å². The molecule has 5 heteroatoms. The molecular formula is C13H18N2O3. The zero-order valence-corrected chi connectivity index (χ0v) is 10.2. The molecule has 2 heterocycles. The lowest BCUT2D eigenvalue weighted by atomic mass is 9.99. The Labute approximate surface area is 106 Å². The summed E-state index contributed by atoms with van der Waals surface area (Å²) in [5, 5.41) is 0. The fraction of sp³-hybridized carbons (Fsp3) is 0.538. The van der Waals surface area contributed by atoms with Gasteiger partial charge in [-0.3, -0.25) is 11.3 Å². The first-order chi connectivity index (χ1) is 8.88. The molecule has 0 amide bonds. The van der Waals surface area contributed by atoms with Crippen LogP contribution in [0.4, 0.5) is 0 Å². The van der Waals surface area contributed by atoms with Crippen molar-refractivity contribution in [2.75, 3.05) is 26.4 Å². The molecule has 1 aromatic rings.